The van der Waals surface area contributed by atoms with Crippen molar-refractivity contribution < 1.29 is 10.2 Å². The van der Waals surface area contributed by atoms with E-state index in [1.165, 1.54) is 5.56 Å². The summed E-state index contributed by atoms with van der Waals surface area (Å²) in [6.07, 6.45) is -0.662. The van der Waals surface area contributed by atoms with E-state index in [1.807, 2.05) is 12.1 Å². The van der Waals surface area contributed by atoms with Crippen LogP contribution in [0.3, 0.4) is 0 Å². The highest BCUT2D eigenvalue weighted by Crippen LogP contribution is 2.26. The van der Waals surface area contributed by atoms with Gasteiger partial charge in [0, 0.05) is 21.7 Å². The summed E-state index contributed by atoms with van der Waals surface area (Å²) in [5.41, 5.74) is 1.21. The van der Waals surface area contributed by atoms with Crippen LogP contribution >= 0.6 is 27.7 Å². The second-order valence-corrected chi connectivity index (χ2v) is 6.90. The minimum Gasteiger partial charge on any atom is -0.394 e. The molecule has 0 saturated heterocycles. The molecule has 0 aromatic heterocycles. The largest absolute Gasteiger partial charge is 0.394 e. The zero-order valence-electron chi connectivity index (χ0n) is 11.4. The first-order chi connectivity index (χ1) is 9.02. The second kappa shape index (κ2) is 8.97. The maximum atomic E-state index is 9.42. The van der Waals surface area contributed by atoms with E-state index in [2.05, 4.69) is 41.2 Å². The molecule has 0 aliphatic carbocycles. The van der Waals surface area contributed by atoms with Crippen molar-refractivity contribution in [3.8, 4) is 0 Å². The summed E-state index contributed by atoms with van der Waals surface area (Å²) in [7, 11) is 0. The molecular weight excluding hydrogens is 326 g/mol. The van der Waals surface area contributed by atoms with Gasteiger partial charge in [0.2, 0.25) is 0 Å². The summed E-state index contributed by atoms with van der Waals surface area (Å²) in [6, 6.07) is 6.14. The maximum absolute atomic E-state index is 9.42. The number of aliphatic hydroxyl groups excluding tert-OH is 2. The Bertz CT molecular complexity index is 388. The van der Waals surface area contributed by atoms with Gasteiger partial charge in [0.25, 0.3) is 0 Å². The Balaban J connectivity index is 2.63. The molecule has 0 aliphatic rings. The highest BCUT2D eigenvalue weighted by Gasteiger charge is 2.08. The molecule has 3 N–H and O–H groups in total. The minimum absolute atomic E-state index is 0.190. The Kier molecular flexibility index (Phi) is 8.02. The standard InChI is InChI=1S/C14H22BrNO2S/c1-10(2)6-16-7-11-5-12(15)3-4-14(11)19-9-13(18)8-17/h3-5,10,13,16-18H,6-9H2,1-2H3. The molecule has 108 valence electrons. The molecule has 0 spiro atoms. The molecule has 1 unspecified atom stereocenters. The number of hydrogen-bond donors (Lipinski definition) is 3. The highest BCUT2D eigenvalue weighted by molar-refractivity contribution is 9.10. The van der Waals surface area contributed by atoms with E-state index in [0.717, 1.165) is 22.5 Å². The third-order valence-corrected chi connectivity index (χ3v) is 4.29. The summed E-state index contributed by atoms with van der Waals surface area (Å²) < 4.78 is 1.06. The third-order valence-electron chi connectivity index (χ3n) is 2.53. The molecule has 3 nitrogen and oxygen atoms in total. The van der Waals surface area contributed by atoms with Crippen LogP contribution in [-0.4, -0.2) is 35.2 Å². The Labute approximate surface area is 127 Å². The van der Waals surface area contributed by atoms with Gasteiger partial charge in [-0.05, 0) is 36.2 Å². The maximum Gasteiger partial charge on any atom is 0.0864 e. The van der Waals surface area contributed by atoms with Gasteiger partial charge in [-0.3, -0.25) is 0 Å². The number of rotatable bonds is 8. The molecule has 0 radical (unpaired) electrons. The molecule has 1 rings (SSSR count). The lowest BCUT2D eigenvalue weighted by molar-refractivity contribution is 0.113. The Morgan fingerprint density at radius 1 is 1.37 bits per heavy atom. The van der Waals surface area contributed by atoms with Crippen LogP contribution in [-0.2, 0) is 6.54 Å². The fourth-order valence-corrected chi connectivity index (χ4v) is 2.93. The Morgan fingerprint density at radius 3 is 2.74 bits per heavy atom. The summed E-state index contributed by atoms with van der Waals surface area (Å²) in [4.78, 5) is 1.15. The van der Waals surface area contributed by atoms with Crippen molar-refractivity contribution in [3.63, 3.8) is 0 Å². The number of benzene rings is 1. The van der Waals surface area contributed by atoms with Crippen LogP contribution in [0.5, 0.6) is 0 Å². The number of nitrogens with one attached hydrogen (secondary N) is 1. The van der Waals surface area contributed by atoms with Gasteiger partial charge < -0.3 is 15.5 Å². The Morgan fingerprint density at radius 2 is 2.11 bits per heavy atom. The van der Waals surface area contributed by atoms with Gasteiger partial charge in [-0.25, -0.2) is 0 Å². The number of thioether (sulfide) groups is 1. The highest BCUT2D eigenvalue weighted by atomic mass is 79.9. The van der Waals surface area contributed by atoms with Crippen molar-refractivity contribution in [3.05, 3.63) is 28.2 Å². The van der Waals surface area contributed by atoms with Gasteiger partial charge in [0.05, 0.1) is 12.7 Å². The zero-order valence-corrected chi connectivity index (χ0v) is 13.8. The summed E-state index contributed by atoms with van der Waals surface area (Å²) >= 11 is 5.06. The van der Waals surface area contributed by atoms with Crippen LogP contribution in [0.1, 0.15) is 19.4 Å². The van der Waals surface area contributed by atoms with E-state index < -0.39 is 6.10 Å². The molecule has 0 fully saturated rings. The van der Waals surface area contributed by atoms with Crippen LogP contribution in [0, 0.1) is 5.92 Å². The molecule has 1 atom stereocenters. The number of halogens is 1. The lowest BCUT2D eigenvalue weighted by Crippen LogP contribution is -2.19. The number of aliphatic hydroxyl groups is 2. The van der Waals surface area contributed by atoms with Crippen LogP contribution in [0.4, 0.5) is 0 Å². The summed E-state index contributed by atoms with van der Waals surface area (Å²) in [6.45, 7) is 5.97. The van der Waals surface area contributed by atoms with Crippen LogP contribution < -0.4 is 5.32 Å². The van der Waals surface area contributed by atoms with E-state index in [9.17, 15) is 5.11 Å². The van der Waals surface area contributed by atoms with Crippen molar-refractivity contribution in [1.82, 2.24) is 5.32 Å². The van der Waals surface area contributed by atoms with Gasteiger partial charge in [0.1, 0.15) is 0 Å². The molecular formula is C14H22BrNO2S. The van der Waals surface area contributed by atoms with Crippen LogP contribution in [0.15, 0.2) is 27.6 Å². The van der Waals surface area contributed by atoms with Gasteiger partial charge in [-0.2, -0.15) is 0 Å². The normalized spacial score (nSPS) is 12.9. The first-order valence-electron chi connectivity index (χ1n) is 6.43. The molecule has 1 aromatic rings. The molecule has 0 heterocycles. The smallest absolute Gasteiger partial charge is 0.0864 e. The molecule has 0 saturated carbocycles. The molecule has 5 heteroatoms. The molecule has 0 bridgehead atoms. The fraction of sp³-hybridized carbons (Fsp3) is 0.571. The zero-order chi connectivity index (χ0) is 14.3. The summed E-state index contributed by atoms with van der Waals surface area (Å²) in [5, 5.41) is 21.7. The minimum atomic E-state index is -0.662. The van der Waals surface area contributed by atoms with E-state index in [1.54, 1.807) is 11.8 Å². The monoisotopic (exact) mass is 347 g/mol. The molecule has 0 amide bonds. The van der Waals surface area contributed by atoms with Crippen molar-refractivity contribution in [2.75, 3.05) is 18.9 Å². The van der Waals surface area contributed by atoms with Crippen molar-refractivity contribution in [2.45, 2.75) is 31.4 Å². The quantitative estimate of drug-likeness (QED) is 0.632. The molecule has 19 heavy (non-hydrogen) atoms. The predicted molar refractivity (Wildman–Crippen MR) is 84.5 cm³/mol. The average molecular weight is 348 g/mol. The predicted octanol–water partition coefficient (Wildman–Crippen LogP) is 2.64. The average Bonchev–Trinajstić information content (AvgIpc) is 2.37. The molecule has 1 aromatic carbocycles. The van der Waals surface area contributed by atoms with E-state index >= 15 is 0 Å². The van der Waals surface area contributed by atoms with E-state index in [4.69, 9.17) is 5.11 Å². The van der Waals surface area contributed by atoms with Gasteiger partial charge >= 0.3 is 0 Å². The van der Waals surface area contributed by atoms with Gasteiger partial charge in [-0.15, -0.1) is 11.8 Å². The van der Waals surface area contributed by atoms with Gasteiger partial charge in [-0.1, -0.05) is 29.8 Å². The number of hydrogen-bond acceptors (Lipinski definition) is 4. The molecule has 0 aliphatic heterocycles. The Hall–Kier alpha value is -0.0700. The van der Waals surface area contributed by atoms with E-state index in [0.29, 0.717) is 11.7 Å². The van der Waals surface area contributed by atoms with Crippen molar-refractivity contribution in [1.29, 1.82) is 0 Å². The van der Waals surface area contributed by atoms with Crippen LogP contribution in [0.2, 0.25) is 0 Å². The first kappa shape index (κ1) is 17.0. The van der Waals surface area contributed by atoms with E-state index in [-0.39, 0.29) is 6.61 Å². The SMILES string of the molecule is CC(C)CNCc1cc(Br)ccc1SCC(O)CO. The lowest BCUT2D eigenvalue weighted by atomic mass is 10.2. The van der Waals surface area contributed by atoms with Gasteiger partial charge in [0.15, 0.2) is 0 Å². The fourth-order valence-electron chi connectivity index (χ4n) is 1.56. The first-order valence-corrected chi connectivity index (χ1v) is 8.21. The third kappa shape index (κ3) is 6.77. The van der Waals surface area contributed by atoms with Crippen molar-refractivity contribution in [2.24, 2.45) is 5.92 Å². The topological polar surface area (TPSA) is 52.5 Å². The lowest BCUT2D eigenvalue weighted by Gasteiger charge is -2.13. The second-order valence-electron chi connectivity index (χ2n) is 4.92. The van der Waals surface area contributed by atoms with Crippen LogP contribution in [0.25, 0.3) is 0 Å². The van der Waals surface area contributed by atoms with Crippen molar-refractivity contribution >= 4 is 27.7 Å². The summed E-state index contributed by atoms with van der Waals surface area (Å²) in [5.74, 6) is 1.13.